The van der Waals surface area contributed by atoms with E-state index in [0.29, 0.717) is 27.2 Å². The Morgan fingerprint density at radius 1 is 1.23 bits per heavy atom. The summed E-state index contributed by atoms with van der Waals surface area (Å²) in [5, 5.41) is 2.47. The molecule has 1 aliphatic heterocycles. The number of hydrogen-bond acceptors (Lipinski definition) is 5. The minimum atomic E-state index is -0.0700. The van der Waals surface area contributed by atoms with Crippen LogP contribution in [0.5, 0.6) is 0 Å². The van der Waals surface area contributed by atoms with Gasteiger partial charge in [-0.3, -0.25) is 14.2 Å². The second kappa shape index (κ2) is 8.94. The van der Waals surface area contributed by atoms with E-state index in [-0.39, 0.29) is 11.5 Å². The second-order valence-corrected chi connectivity index (χ2v) is 9.81. The Hall–Kier alpha value is -2.12. The normalized spacial score (nSPS) is 16.9. The van der Waals surface area contributed by atoms with Gasteiger partial charge in [0.25, 0.3) is 5.56 Å². The number of amides is 1. The van der Waals surface area contributed by atoms with Crippen LogP contribution in [0.1, 0.15) is 43.7 Å². The van der Waals surface area contributed by atoms with Crippen LogP contribution < -0.4 is 5.56 Å². The Bertz CT molecular complexity index is 1110. The van der Waals surface area contributed by atoms with E-state index in [1.54, 1.807) is 4.57 Å². The second-order valence-electron chi connectivity index (χ2n) is 7.95. The molecule has 0 bridgehead atoms. The van der Waals surface area contributed by atoms with Crippen molar-refractivity contribution in [3.63, 3.8) is 0 Å². The number of hydrogen-bond donors (Lipinski definition) is 0. The Kier molecular flexibility index (Phi) is 6.29. The van der Waals surface area contributed by atoms with Crippen LogP contribution in [-0.4, -0.2) is 38.7 Å². The summed E-state index contributed by atoms with van der Waals surface area (Å²) in [7, 11) is 0. The fraction of sp³-hybridized carbons (Fsp3) is 0.435. The highest BCUT2D eigenvalue weighted by atomic mass is 32.2. The molecule has 0 radical (unpaired) electrons. The van der Waals surface area contributed by atoms with Crippen molar-refractivity contribution in [3.05, 3.63) is 51.1 Å². The van der Waals surface area contributed by atoms with E-state index in [0.717, 1.165) is 42.6 Å². The molecule has 4 rings (SSSR count). The number of benzene rings is 1. The fourth-order valence-corrected chi connectivity index (χ4v) is 5.92. The molecule has 1 aromatic carbocycles. The molecule has 0 aliphatic carbocycles. The van der Waals surface area contributed by atoms with Gasteiger partial charge >= 0.3 is 0 Å². The van der Waals surface area contributed by atoms with Crippen molar-refractivity contribution in [2.45, 2.75) is 57.7 Å². The van der Waals surface area contributed by atoms with Gasteiger partial charge in [0, 0.05) is 12.6 Å². The van der Waals surface area contributed by atoms with Gasteiger partial charge in [-0.15, -0.1) is 11.3 Å². The summed E-state index contributed by atoms with van der Waals surface area (Å²) in [6.07, 6.45) is 4.33. The van der Waals surface area contributed by atoms with Gasteiger partial charge in [-0.05, 0) is 74.2 Å². The average molecular weight is 442 g/mol. The van der Waals surface area contributed by atoms with Crippen LogP contribution in [-0.2, 0) is 4.79 Å². The maximum Gasteiger partial charge on any atom is 0.276 e. The Morgan fingerprint density at radius 3 is 2.73 bits per heavy atom. The zero-order chi connectivity index (χ0) is 21.3. The van der Waals surface area contributed by atoms with Gasteiger partial charge in [-0.25, -0.2) is 4.98 Å². The van der Waals surface area contributed by atoms with Crippen LogP contribution in [0.4, 0.5) is 0 Å². The number of thiophene rings is 1. The summed E-state index contributed by atoms with van der Waals surface area (Å²) < 4.78 is 2.32. The number of carbonyl (C=O) groups excluding carboxylic acids is 1. The standard InChI is InChI=1S/C23H27N3O2S2/c1-4-17-7-5-6-9-25(17)20(27)14-30-23-24-19-8-10-29-21(19)22(28)26(23)18-12-15(2)11-16(3)13-18/h8,10-13,17H,4-7,9,14H2,1-3H3/t17-/m0/s1. The maximum atomic E-state index is 13.3. The summed E-state index contributed by atoms with van der Waals surface area (Å²) in [6, 6.07) is 8.29. The first-order valence-corrected chi connectivity index (χ1v) is 12.4. The lowest BCUT2D eigenvalue weighted by Crippen LogP contribution is -2.44. The van der Waals surface area contributed by atoms with Crippen molar-refractivity contribution in [2.75, 3.05) is 12.3 Å². The van der Waals surface area contributed by atoms with Crippen molar-refractivity contribution in [3.8, 4) is 5.69 Å². The van der Waals surface area contributed by atoms with Crippen LogP contribution >= 0.6 is 23.1 Å². The van der Waals surface area contributed by atoms with Crippen molar-refractivity contribution in [1.82, 2.24) is 14.5 Å². The van der Waals surface area contributed by atoms with E-state index in [2.05, 4.69) is 13.0 Å². The summed E-state index contributed by atoms with van der Waals surface area (Å²) in [5.74, 6) is 0.432. The Morgan fingerprint density at radius 2 is 2.00 bits per heavy atom. The molecular formula is C23H27N3O2S2. The molecule has 1 aliphatic rings. The summed E-state index contributed by atoms with van der Waals surface area (Å²) in [5.41, 5.74) is 3.62. The first-order valence-electron chi connectivity index (χ1n) is 10.5. The highest BCUT2D eigenvalue weighted by molar-refractivity contribution is 7.99. The van der Waals surface area contributed by atoms with E-state index in [1.807, 2.05) is 42.3 Å². The molecule has 7 heteroatoms. The molecule has 0 unspecified atom stereocenters. The lowest BCUT2D eigenvalue weighted by molar-refractivity contribution is -0.132. The minimum absolute atomic E-state index is 0.0700. The topological polar surface area (TPSA) is 55.2 Å². The summed E-state index contributed by atoms with van der Waals surface area (Å²) in [6.45, 7) is 7.03. The molecule has 1 fully saturated rings. The van der Waals surface area contributed by atoms with Crippen LogP contribution in [0.3, 0.4) is 0 Å². The Balaban J connectivity index is 1.69. The van der Waals surface area contributed by atoms with Crippen LogP contribution in [0.15, 0.2) is 39.6 Å². The molecule has 2 aromatic heterocycles. The third kappa shape index (κ3) is 4.18. The largest absolute Gasteiger partial charge is 0.339 e. The lowest BCUT2D eigenvalue weighted by atomic mass is 10.0. The van der Waals surface area contributed by atoms with Gasteiger partial charge in [0.15, 0.2) is 5.16 Å². The number of aryl methyl sites for hydroxylation is 2. The zero-order valence-electron chi connectivity index (χ0n) is 17.7. The van der Waals surface area contributed by atoms with Gasteiger partial charge < -0.3 is 4.90 Å². The number of rotatable bonds is 5. The lowest BCUT2D eigenvalue weighted by Gasteiger charge is -2.35. The van der Waals surface area contributed by atoms with Gasteiger partial charge in [-0.1, -0.05) is 24.8 Å². The van der Waals surface area contributed by atoms with Gasteiger partial charge in [0.1, 0.15) is 4.70 Å². The first-order chi connectivity index (χ1) is 14.5. The number of nitrogens with zero attached hydrogens (tertiary/aromatic N) is 3. The van der Waals surface area contributed by atoms with Crippen LogP contribution in [0, 0.1) is 13.8 Å². The number of piperidine rings is 1. The Labute approximate surface area is 185 Å². The number of fused-ring (bicyclic) bond motifs is 1. The third-order valence-electron chi connectivity index (χ3n) is 5.66. The number of thioether (sulfide) groups is 1. The van der Waals surface area contributed by atoms with E-state index in [4.69, 9.17) is 4.98 Å². The SMILES string of the molecule is CC[C@H]1CCCCN1C(=O)CSc1nc2ccsc2c(=O)n1-c1cc(C)cc(C)c1. The number of likely N-dealkylation sites (tertiary alicyclic amines) is 1. The zero-order valence-corrected chi connectivity index (χ0v) is 19.3. The van der Waals surface area contributed by atoms with Crippen molar-refractivity contribution in [2.24, 2.45) is 0 Å². The summed E-state index contributed by atoms with van der Waals surface area (Å²) in [4.78, 5) is 33.1. The first kappa shape index (κ1) is 21.1. The van der Waals surface area contributed by atoms with Crippen molar-refractivity contribution in [1.29, 1.82) is 0 Å². The molecular weight excluding hydrogens is 414 g/mol. The predicted octanol–water partition coefficient (Wildman–Crippen LogP) is 4.95. The number of carbonyl (C=O) groups is 1. The smallest absolute Gasteiger partial charge is 0.276 e. The molecule has 3 heterocycles. The molecule has 3 aromatic rings. The average Bonchev–Trinajstić information content (AvgIpc) is 3.20. The van der Waals surface area contributed by atoms with Gasteiger partial charge in [0.2, 0.25) is 5.91 Å². The molecule has 0 saturated carbocycles. The monoisotopic (exact) mass is 441 g/mol. The maximum absolute atomic E-state index is 13.3. The highest BCUT2D eigenvalue weighted by Crippen LogP contribution is 2.26. The van der Waals surface area contributed by atoms with E-state index in [1.165, 1.54) is 29.5 Å². The fourth-order valence-electron chi connectivity index (χ4n) is 4.26. The molecule has 5 nitrogen and oxygen atoms in total. The number of aromatic nitrogens is 2. The molecule has 158 valence electrons. The summed E-state index contributed by atoms with van der Waals surface area (Å²) >= 11 is 2.78. The van der Waals surface area contributed by atoms with E-state index >= 15 is 0 Å². The van der Waals surface area contributed by atoms with Crippen molar-refractivity contribution < 1.29 is 4.79 Å². The predicted molar refractivity (Wildman–Crippen MR) is 125 cm³/mol. The highest BCUT2D eigenvalue weighted by Gasteiger charge is 2.26. The van der Waals surface area contributed by atoms with E-state index in [9.17, 15) is 9.59 Å². The molecule has 0 N–H and O–H groups in total. The van der Waals surface area contributed by atoms with Gasteiger partial charge in [-0.2, -0.15) is 0 Å². The van der Waals surface area contributed by atoms with E-state index < -0.39 is 0 Å². The molecule has 1 saturated heterocycles. The van der Waals surface area contributed by atoms with Gasteiger partial charge in [0.05, 0.1) is 17.0 Å². The minimum Gasteiger partial charge on any atom is -0.339 e. The third-order valence-corrected chi connectivity index (χ3v) is 7.47. The van der Waals surface area contributed by atoms with Crippen LogP contribution in [0.25, 0.3) is 15.9 Å². The van der Waals surface area contributed by atoms with Crippen LogP contribution in [0.2, 0.25) is 0 Å². The molecule has 0 spiro atoms. The molecule has 30 heavy (non-hydrogen) atoms. The molecule has 1 atom stereocenters. The molecule has 1 amide bonds. The quantitative estimate of drug-likeness (QED) is 0.415. The van der Waals surface area contributed by atoms with Crippen molar-refractivity contribution >= 4 is 39.2 Å².